The summed E-state index contributed by atoms with van der Waals surface area (Å²) in [6, 6.07) is 1.97. The molecular weight excluding hydrogens is 260 g/mol. The molecule has 8 heteroatoms. The fraction of sp³-hybridized carbons (Fsp3) is 0.750. The molecule has 110 valence electrons. The largest absolute Gasteiger partial charge is 0.336 e. The van der Waals surface area contributed by atoms with Gasteiger partial charge in [-0.3, -0.25) is 0 Å². The molecule has 0 aromatic heterocycles. The quantitative estimate of drug-likeness (QED) is 0.455. The molecule has 2 N–H and O–H groups in total. The number of nitriles is 1. The van der Waals surface area contributed by atoms with Crippen LogP contribution in [0.25, 0.3) is 0 Å². The van der Waals surface area contributed by atoms with Crippen molar-refractivity contribution in [3.05, 3.63) is 0 Å². The zero-order valence-electron chi connectivity index (χ0n) is 11.5. The van der Waals surface area contributed by atoms with Gasteiger partial charge in [-0.2, -0.15) is 5.26 Å². The number of carbonyl (C=O) groups excluding carboxylic acids is 2. The van der Waals surface area contributed by atoms with Gasteiger partial charge in [-0.1, -0.05) is 0 Å². The summed E-state index contributed by atoms with van der Waals surface area (Å²) in [5.74, 6) is 0. The van der Waals surface area contributed by atoms with E-state index in [9.17, 15) is 9.59 Å². The van der Waals surface area contributed by atoms with Crippen LogP contribution >= 0.6 is 0 Å². The Balaban J connectivity index is 1.68. The molecular formula is C12H20N6O2. The van der Waals surface area contributed by atoms with Gasteiger partial charge in [0.1, 0.15) is 0 Å². The number of nitrogens with zero attached hydrogens (tertiary/aromatic N) is 4. The Morgan fingerprint density at radius 1 is 1.10 bits per heavy atom. The molecule has 0 bridgehead atoms. The first-order valence-electron chi connectivity index (χ1n) is 6.86. The van der Waals surface area contributed by atoms with Crippen molar-refractivity contribution in [2.75, 3.05) is 58.9 Å². The average molecular weight is 280 g/mol. The first-order chi connectivity index (χ1) is 9.72. The van der Waals surface area contributed by atoms with Gasteiger partial charge in [0.05, 0.1) is 12.6 Å². The molecule has 0 aromatic carbocycles. The Morgan fingerprint density at radius 2 is 1.80 bits per heavy atom. The monoisotopic (exact) mass is 280 g/mol. The summed E-state index contributed by atoms with van der Waals surface area (Å²) in [6.07, 6.45) is 0. The van der Waals surface area contributed by atoms with E-state index in [1.807, 2.05) is 6.07 Å². The van der Waals surface area contributed by atoms with E-state index in [4.69, 9.17) is 5.26 Å². The number of carbonyl (C=O) groups is 2. The van der Waals surface area contributed by atoms with Crippen LogP contribution in [0.5, 0.6) is 0 Å². The highest BCUT2D eigenvalue weighted by Gasteiger charge is 2.29. The highest BCUT2D eigenvalue weighted by Crippen LogP contribution is 2.08. The van der Waals surface area contributed by atoms with E-state index in [-0.39, 0.29) is 12.1 Å². The van der Waals surface area contributed by atoms with Gasteiger partial charge < -0.3 is 25.3 Å². The van der Waals surface area contributed by atoms with Crippen LogP contribution in [0, 0.1) is 11.3 Å². The molecule has 2 aliphatic rings. The summed E-state index contributed by atoms with van der Waals surface area (Å²) >= 11 is 0. The minimum atomic E-state index is -0.0470. The van der Waals surface area contributed by atoms with Crippen LogP contribution in [0.15, 0.2) is 0 Å². The molecule has 2 saturated heterocycles. The van der Waals surface area contributed by atoms with Crippen molar-refractivity contribution in [1.82, 2.24) is 25.3 Å². The molecule has 2 fully saturated rings. The van der Waals surface area contributed by atoms with Gasteiger partial charge in [0.25, 0.3) is 0 Å². The maximum absolute atomic E-state index is 12.1. The van der Waals surface area contributed by atoms with Crippen molar-refractivity contribution in [3.8, 4) is 6.07 Å². The van der Waals surface area contributed by atoms with E-state index >= 15 is 0 Å². The van der Waals surface area contributed by atoms with E-state index in [1.54, 1.807) is 14.7 Å². The summed E-state index contributed by atoms with van der Waals surface area (Å²) in [5.41, 5.74) is 0. The van der Waals surface area contributed by atoms with Crippen LogP contribution in [-0.4, -0.2) is 85.7 Å². The lowest BCUT2D eigenvalue weighted by molar-refractivity contribution is 0.184. The lowest BCUT2D eigenvalue weighted by Crippen LogP contribution is -2.40. The Kier molecular flexibility index (Phi) is 5.01. The first-order valence-corrected chi connectivity index (χ1v) is 6.86. The minimum Gasteiger partial charge on any atom is -0.336 e. The third-order valence-electron chi connectivity index (χ3n) is 3.53. The Bertz CT molecular complexity index is 407. The molecule has 0 saturated carbocycles. The maximum Gasteiger partial charge on any atom is 0.320 e. The fourth-order valence-corrected chi connectivity index (χ4v) is 2.37. The SMILES string of the molecule is N#CCNCCN1CCN(CCN2CCNC2=O)C1=O. The number of hydrogen-bond donors (Lipinski definition) is 2. The summed E-state index contributed by atoms with van der Waals surface area (Å²) < 4.78 is 0. The zero-order chi connectivity index (χ0) is 14.4. The molecule has 8 nitrogen and oxygen atoms in total. The standard InChI is InChI=1S/C12H20N6O2/c13-1-2-14-3-5-17-9-10-18(12(17)20)8-7-16-6-4-15-11(16)19/h14H,2-10H2,(H,15,19). The summed E-state index contributed by atoms with van der Waals surface area (Å²) in [6.45, 7) is 5.50. The van der Waals surface area contributed by atoms with Crippen LogP contribution in [0.2, 0.25) is 0 Å². The van der Waals surface area contributed by atoms with E-state index in [2.05, 4.69) is 10.6 Å². The van der Waals surface area contributed by atoms with Gasteiger partial charge in [-0.05, 0) is 0 Å². The van der Waals surface area contributed by atoms with E-state index in [0.717, 1.165) is 0 Å². The molecule has 0 unspecified atom stereocenters. The number of amides is 4. The van der Waals surface area contributed by atoms with Crippen LogP contribution in [0.4, 0.5) is 9.59 Å². The molecule has 4 amide bonds. The molecule has 0 atom stereocenters. The first kappa shape index (κ1) is 14.4. The molecule has 0 radical (unpaired) electrons. The highest BCUT2D eigenvalue weighted by atomic mass is 16.2. The molecule has 0 spiro atoms. The smallest absolute Gasteiger partial charge is 0.320 e. The third kappa shape index (κ3) is 3.51. The summed E-state index contributed by atoms with van der Waals surface area (Å²) in [7, 11) is 0. The lowest BCUT2D eigenvalue weighted by atomic mass is 10.5. The Labute approximate surface area is 118 Å². The highest BCUT2D eigenvalue weighted by molar-refractivity contribution is 5.77. The maximum atomic E-state index is 12.1. The summed E-state index contributed by atoms with van der Waals surface area (Å²) in [4.78, 5) is 28.8. The second kappa shape index (κ2) is 6.96. The second-order valence-corrected chi connectivity index (χ2v) is 4.81. The predicted octanol–water partition coefficient (Wildman–Crippen LogP) is -1.14. The van der Waals surface area contributed by atoms with Gasteiger partial charge in [0.2, 0.25) is 0 Å². The van der Waals surface area contributed by atoms with Crippen LogP contribution in [0.1, 0.15) is 0 Å². The van der Waals surface area contributed by atoms with Gasteiger partial charge in [0, 0.05) is 52.4 Å². The molecule has 2 aliphatic heterocycles. The number of urea groups is 2. The van der Waals surface area contributed by atoms with Gasteiger partial charge >= 0.3 is 12.1 Å². The van der Waals surface area contributed by atoms with Crippen LogP contribution in [0.3, 0.4) is 0 Å². The van der Waals surface area contributed by atoms with Gasteiger partial charge in [-0.25, -0.2) is 9.59 Å². The van der Waals surface area contributed by atoms with E-state index in [0.29, 0.717) is 58.9 Å². The van der Waals surface area contributed by atoms with Crippen molar-refractivity contribution in [2.24, 2.45) is 0 Å². The van der Waals surface area contributed by atoms with Crippen molar-refractivity contribution >= 4 is 12.1 Å². The second-order valence-electron chi connectivity index (χ2n) is 4.81. The topological polar surface area (TPSA) is 91.7 Å². The molecule has 20 heavy (non-hydrogen) atoms. The van der Waals surface area contributed by atoms with Crippen LogP contribution < -0.4 is 10.6 Å². The summed E-state index contributed by atoms with van der Waals surface area (Å²) in [5, 5.41) is 14.1. The molecule has 2 rings (SSSR count). The number of rotatable bonds is 7. The van der Waals surface area contributed by atoms with E-state index in [1.165, 1.54) is 0 Å². The van der Waals surface area contributed by atoms with Gasteiger partial charge in [0.15, 0.2) is 0 Å². The number of nitrogens with one attached hydrogen (secondary N) is 2. The molecule has 0 aromatic rings. The fourth-order valence-electron chi connectivity index (χ4n) is 2.37. The van der Waals surface area contributed by atoms with E-state index < -0.39 is 0 Å². The normalized spacial score (nSPS) is 18.6. The average Bonchev–Trinajstić information content (AvgIpc) is 3.00. The molecule has 2 heterocycles. The van der Waals surface area contributed by atoms with Crippen LogP contribution in [-0.2, 0) is 0 Å². The lowest BCUT2D eigenvalue weighted by Gasteiger charge is -2.21. The van der Waals surface area contributed by atoms with Crippen molar-refractivity contribution in [3.63, 3.8) is 0 Å². The van der Waals surface area contributed by atoms with Gasteiger partial charge in [-0.15, -0.1) is 0 Å². The predicted molar refractivity (Wildman–Crippen MR) is 72.0 cm³/mol. The minimum absolute atomic E-state index is 0.0170. The van der Waals surface area contributed by atoms with Crippen molar-refractivity contribution in [1.29, 1.82) is 5.26 Å². The van der Waals surface area contributed by atoms with Crippen molar-refractivity contribution < 1.29 is 9.59 Å². The Morgan fingerprint density at radius 3 is 2.45 bits per heavy atom. The zero-order valence-corrected chi connectivity index (χ0v) is 11.5. The Hall–Kier alpha value is -2.01. The van der Waals surface area contributed by atoms with Crippen molar-refractivity contribution in [2.45, 2.75) is 0 Å². The number of hydrogen-bond acceptors (Lipinski definition) is 4. The third-order valence-corrected chi connectivity index (χ3v) is 3.53. The molecule has 0 aliphatic carbocycles.